The minimum atomic E-state index is 0.427. The van der Waals surface area contributed by atoms with Crippen molar-refractivity contribution in [2.24, 2.45) is 0 Å². The second kappa shape index (κ2) is 6.19. The molecule has 2 aromatic rings. The van der Waals surface area contributed by atoms with Crippen molar-refractivity contribution in [1.82, 2.24) is 5.32 Å². The van der Waals surface area contributed by atoms with Crippen LogP contribution in [0.1, 0.15) is 36.1 Å². The van der Waals surface area contributed by atoms with Gasteiger partial charge in [-0.1, -0.05) is 18.2 Å². The topological polar surface area (TPSA) is 47.3 Å². The van der Waals surface area contributed by atoms with Gasteiger partial charge in [0.1, 0.15) is 5.75 Å². The molecule has 1 aliphatic rings. The maximum Gasteiger partial charge on any atom is 0.119 e. The summed E-state index contributed by atoms with van der Waals surface area (Å²) in [5.41, 5.74) is 10.7. The average Bonchev–Trinajstić information content (AvgIpc) is 2.88. The van der Waals surface area contributed by atoms with Gasteiger partial charge < -0.3 is 15.8 Å². The van der Waals surface area contributed by atoms with Crippen LogP contribution in [0, 0.1) is 0 Å². The molecule has 0 aromatic heterocycles. The fourth-order valence-corrected chi connectivity index (χ4v) is 3.00. The molecular weight excluding hydrogens is 260 g/mol. The van der Waals surface area contributed by atoms with E-state index in [0.717, 1.165) is 30.8 Å². The monoisotopic (exact) mass is 282 g/mol. The molecule has 2 aromatic carbocycles. The molecule has 3 heteroatoms. The van der Waals surface area contributed by atoms with E-state index < -0.39 is 0 Å². The number of fused-ring (bicyclic) bond motifs is 1. The molecule has 21 heavy (non-hydrogen) atoms. The van der Waals surface area contributed by atoms with Crippen molar-refractivity contribution in [2.45, 2.75) is 32.4 Å². The molecule has 0 saturated heterocycles. The molecule has 3 nitrogen and oxygen atoms in total. The number of nitrogen functional groups attached to an aromatic ring is 1. The Morgan fingerprint density at radius 1 is 1.24 bits per heavy atom. The molecule has 1 unspecified atom stereocenters. The zero-order valence-electron chi connectivity index (χ0n) is 12.4. The molecule has 3 N–H and O–H groups in total. The molecule has 0 heterocycles. The smallest absolute Gasteiger partial charge is 0.119 e. The van der Waals surface area contributed by atoms with Crippen LogP contribution in [0.2, 0.25) is 0 Å². The summed E-state index contributed by atoms with van der Waals surface area (Å²) in [6, 6.07) is 15.0. The number of nitrogens with two attached hydrogens (primary N) is 1. The van der Waals surface area contributed by atoms with E-state index in [9.17, 15) is 0 Å². The van der Waals surface area contributed by atoms with Crippen LogP contribution in [0.15, 0.2) is 42.5 Å². The zero-order chi connectivity index (χ0) is 14.7. The maximum atomic E-state index is 5.85. The van der Waals surface area contributed by atoms with Crippen LogP contribution < -0.4 is 15.8 Å². The Balaban J connectivity index is 1.65. The molecule has 110 valence electrons. The van der Waals surface area contributed by atoms with Gasteiger partial charge in [0.15, 0.2) is 0 Å². The Morgan fingerprint density at radius 3 is 3.00 bits per heavy atom. The molecule has 1 aliphatic carbocycles. The predicted molar refractivity (Wildman–Crippen MR) is 86.4 cm³/mol. The van der Waals surface area contributed by atoms with E-state index in [2.05, 4.69) is 29.6 Å². The van der Waals surface area contributed by atoms with Gasteiger partial charge >= 0.3 is 0 Å². The number of rotatable bonds is 5. The number of nitrogens with one attached hydrogen (secondary N) is 1. The lowest BCUT2D eigenvalue weighted by Crippen LogP contribution is -2.18. The fourth-order valence-electron chi connectivity index (χ4n) is 3.00. The number of anilines is 1. The normalized spacial score (nSPS) is 16.7. The van der Waals surface area contributed by atoms with Crippen molar-refractivity contribution in [1.29, 1.82) is 0 Å². The third kappa shape index (κ3) is 3.19. The van der Waals surface area contributed by atoms with Gasteiger partial charge in [0.25, 0.3) is 0 Å². The van der Waals surface area contributed by atoms with Crippen LogP contribution in [0.3, 0.4) is 0 Å². The van der Waals surface area contributed by atoms with Gasteiger partial charge in [-0.3, -0.25) is 0 Å². The van der Waals surface area contributed by atoms with E-state index >= 15 is 0 Å². The Bertz CT molecular complexity index is 624. The molecule has 0 bridgehead atoms. The lowest BCUT2D eigenvalue weighted by molar-refractivity contribution is 0.339. The number of ether oxygens (including phenoxy) is 1. The maximum absolute atomic E-state index is 5.85. The van der Waals surface area contributed by atoms with Crippen molar-refractivity contribution in [3.8, 4) is 5.75 Å². The summed E-state index contributed by atoms with van der Waals surface area (Å²) in [5, 5.41) is 3.65. The Morgan fingerprint density at radius 2 is 2.14 bits per heavy atom. The summed E-state index contributed by atoms with van der Waals surface area (Å²) >= 11 is 0. The first kappa shape index (κ1) is 14.0. The molecule has 0 saturated carbocycles. The molecule has 1 atom stereocenters. The highest BCUT2D eigenvalue weighted by molar-refractivity contribution is 5.47. The second-order valence-corrected chi connectivity index (χ2v) is 5.51. The van der Waals surface area contributed by atoms with Gasteiger partial charge in [-0.15, -0.1) is 0 Å². The molecule has 3 rings (SSSR count). The Hall–Kier alpha value is -2.00. The van der Waals surface area contributed by atoms with Crippen LogP contribution in [-0.2, 0) is 13.0 Å². The average molecular weight is 282 g/mol. The summed E-state index contributed by atoms with van der Waals surface area (Å²) in [6.07, 6.45) is 2.25. The molecule has 0 spiro atoms. The van der Waals surface area contributed by atoms with Gasteiger partial charge in [0.05, 0.1) is 6.61 Å². The fraction of sp³-hybridized carbons (Fsp3) is 0.333. The molecular formula is C18H22N2O. The quantitative estimate of drug-likeness (QED) is 0.826. The Kier molecular flexibility index (Phi) is 4.11. The van der Waals surface area contributed by atoms with E-state index in [1.807, 2.05) is 25.1 Å². The van der Waals surface area contributed by atoms with Crippen molar-refractivity contribution in [3.05, 3.63) is 59.2 Å². The largest absolute Gasteiger partial charge is 0.494 e. The summed E-state index contributed by atoms with van der Waals surface area (Å²) in [5.74, 6) is 0.941. The SMILES string of the molecule is CCOc1cccc(CNC2CCc3cc(N)ccc32)c1. The van der Waals surface area contributed by atoms with Crippen LogP contribution in [0.5, 0.6) is 5.75 Å². The van der Waals surface area contributed by atoms with E-state index in [1.165, 1.54) is 16.7 Å². The predicted octanol–water partition coefficient (Wildman–Crippen LogP) is 3.44. The second-order valence-electron chi connectivity index (χ2n) is 5.51. The number of aryl methyl sites for hydroxylation is 1. The van der Waals surface area contributed by atoms with Gasteiger partial charge in [-0.05, 0) is 60.7 Å². The van der Waals surface area contributed by atoms with Crippen molar-refractivity contribution in [3.63, 3.8) is 0 Å². The molecule has 0 radical (unpaired) electrons. The van der Waals surface area contributed by atoms with Gasteiger partial charge in [-0.25, -0.2) is 0 Å². The summed E-state index contributed by atoms with van der Waals surface area (Å²) in [7, 11) is 0. The molecule has 0 aliphatic heterocycles. The van der Waals surface area contributed by atoms with Gasteiger partial charge in [0.2, 0.25) is 0 Å². The lowest BCUT2D eigenvalue weighted by atomic mass is 10.1. The zero-order valence-corrected chi connectivity index (χ0v) is 12.4. The minimum absolute atomic E-state index is 0.427. The first-order valence-electron chi connectivity index (χ1n) is 7.59. The van der Waals surface area contributed by atoms with Gasteiger partial charge in [-0.2, -0.15) is 0 Å². The van der Waals surface area contributed by atoms with Crippen molar-refractivity contribution >= 4 is 5.69 Å². The van der Waals surface area contributed by atoms with E-state index in [-0.39, 0.29) is 0 Å². The highest BCUT2D eigenvalue weighted by Gasteiger charge is 2.21. The van der Waals surface area contributed by atoms with Gasteiger partial charge in [0, 0.05) is 18.3 Å². The number of benzene rings is 2. The lowest BCUT2D eigenvalue weighted by Gasteiger charge is -2.15. The van der Waals surface area contributed by atoms with E-state index in [4.69, 9.17) is 10.5 Å². The highest BCUT2D eigenvalue weighted by atomic mass is 16.5. The van der Waals surface area contributed by atoms with Crippen LogP contribution >= 0.6 is 0 Å². The third-order valence-corrected chi connectivity index (χ3v) is 4.01. The van der Waals surface area contributed by atoms with Crippen molar-refractivity contribution in [2.75, 3.05) is 12.3 Å². The summed E-state index contributed by atoms with van der Waals surface area (Å²) in [4.78, 5) is 0. The van der Waals surface area contributed by atoms with Crippen LogP contribution in [0.4, 0.5) is 5.69 Å². The van der Waals surface area contributed by atoms with Crippen molar-refractivity contribution < 1.29 is 4.74 Å². The standard InChI is InChI=1S/C18H22N2O/c1-2-21-16-5-3-4-13(10-16)12-20-18-9-6-14-11-15(19)7-8-17(14)18/h3-5,7-8,10-11,18,20H,2,6,9,12,19H2,1H3. The minimum Gasteiger partial charge on any atom is -0.494 e. The highest BCUT2D eigenvalue weighted by Crippen LogP contribution is 2.32. The first-order valence-corrected chi connectivity index (χ1v) is 7.59. The molecule has 0 amide bonds. The van der Waals surface area contributed by atoms with Crippen LogP contribution in [0.25, 0.3) is 0 Å². The first-order chi connectivity index (χ1) is 10.3. The van der Waals surface area contributed by atoms with E-state index in [1.54, 1.807) is 0 Å². The number of hydrogen-bond donors (Lipinski definition) is 2. The Labute approximate surface area is 126 Å². The third-order valence-electron chi connectivity index (χ3n) is 4.01. The molecule has 0 fully saturated rings. The summed E-state index contributed by atoms with van der Waals surface area (Å²) < 4.78 is 5.55. The number of hydrogen-bond acceptors (Lipinski definition) is 3. The van der Waals surface area contributed by atoms with E-state index in [0.29, 0.717) is 12.6 Å². The summed E-state index contributed by atoms with van der Waals surface area (Å²) in [6.45, 7) is 3.57. The van der Waals surface area contributed by atoms with Crippen LogP contribution in [-0.4, -0.2) is 6.61 Å².